The Labute approximate surface area is 134 Å². The molecule has 1 aliphatic rings. The van der Waals surface area contributed by atoms with Crippen molar-refractivity contribution in [2.24, 2.45) is 10.9 Å². The molecule has 0 heterocycles. The van der Waals surface area contributed by atoms with Gasteiger partial charge in [0.2, 0.25) is 0 Å². The molecule has 1 aliphatic carbocycles. The molecule has 0 aromatic carbocycles. The van der Waals surface area contributed by atoms with Crippen molar-refractivity contribution in [2.75, 3.05) is 25.6 Å². The van der Waals surface area contributed by atoms with E-state index in [-0.39, 0.29) is 29.7 Å². The highest BCUT2D eigenvalue weighted by molar-refractivity contribution is 14.0. The van der Waals surface area contributed by atoms with Gasteiger partial charge in [-0.25, -0.2) is 8.42 Å². The Kier molecular flexibility index (Phi) is 8.97. The Morgan fingerprint density at radius 2 is 1.84 bits per heavy atom. The molecule has 0 aromatic heterocycles. The molecular formula is C12H26IN3O2S. The Balaban J connectivity index is 0.00000324. The van der Waals surface area contributed by atoms with Gasteiger partial charge in [0.15, 0.2) is 5.96 Å². The molecule has 0 spiro atoms. The number of aliphatic imine (C=N–C) groups is 1. The summed E-state index contributed by atoms with van der Waals surface area (Å²) in [6.45, 7) is 2.69. The maximum absolute atomic E-state index is 11.0. The molecule has 1 saturated carbocycles. The molecule has 0 atom stereocenters. The van der Waals surface area contributed by atoms with Crippen molar-refractivity contribution in [1.82, 2.24) is 10.6 Å². The zero-order valence-electron chi connectivity index (χ0n) is 12.0. The van der Waals surface area contributed by atoms with Gasteiger partial charge < -0.3 is 10.6 Å². The summed E-state index contributed by atoms with van der Waals surface area (Å²) < 4.78 is 22.1. The standard InChI is InChI=1S/C12H25N3O2S.HI/c1-10-4-6-11(7-5-10)15-12(13-2)14-8-9-18(3,16)17;/h10-11H,4-9H2,1-3H3,(H2,13,14,15);1H. The summed E-state index contributed by atoms with van der Waals surface area (Å²) in [6.07, 6.45) is 6.06. The molecule has 0 aromatic rings. The number of sulfone groups is 1. The van der Waals surface area contributed by atoms with Crippen LogP contribution < -0.4 is 10.6 Å². The van der Waals surface area contributed by atoms with Gasteiger partial charge in [-0.1, -0.05) is 6.92 Å². The largest absolute Gasteiger partial charge is 0.355 e. The van der Waals surface area contributed by atoms with Crippen LogP contribution in [0.25, 0.3) is 0 Å². The average molecular weight is 403 g/mol. The van der Waals surface area contributed by atoms with E-state index in [4.69, 9.17) is 0 Å². The summed E-state index contributed by atoms with van der Waals surface area (Å²) in [5.74, 6) is 1.66. The Bertz CT molecular complexity index is 376. The van der Waals surface area contributed by atoms with Crippen LogP contribution in [0.1, 0.15) is 32.6 Å². The highest BCUT2D eigenvalue weighted by atomic mass is 127. The topological polar surface area (TPSA) is 70.6 Å². The van der Waals surface area contributed by atoms with Crippen molar-refractivity contribution < 1.29 is 8.42 Å². The Morgan fingerprint density at radius 3 is 2.32 bits per heavy atom. The Morgan fingerprint density at radius 1 is 1.26 bits per heavy atom. The van der Waals surface area contributed by atoms with E-state index in [9.17, 15) is 8.42 Å². The lowest BCUT2D eigenvalue weighted by Crippen LogP contribution is -2.45. The maximum atomic E-state index is 11.0. The SMILES string of the molecule is CN=C(NCCS(C)(=O)=O)NC1CCC(C)CC1.I. The first-order valence-electron chi connectivity index (χ1n) is 6.55. The van der Waals surface area contributed by atoms with Crippen molar-refractivity contribution >= 4 is 39.8 Å². The number of nitrogens with zero attached hydrogens (tertiary/aromatic N) is 1. The number of hydrogen-bond acceptors (Lipinski definition) is 3. The smallest absolute Gasteiger partial charge is 0.191 e. The Hall–Kier alpha value is -0.0500. The van der Waals surface area contributed by atoms with E-state index in [2.05, 4.69) is 22.5 Å². The predicted molar refractivity (Wildman–Crippen MR) is 91.0 cm³/mol. The molecule has 0 unspecified atom stereocenters. The first kappa shape index (κ1) is 18.9. The van der Waals surface area contributed by atoms with Crippen molar-refractivity contribution in [3.8, 4) is 0 Å². The number of hydrogen-bond donors (Lipinski definition) is 2. The van der Waals surface area contributed by atoms with Gasteiger partial charge in [-0.05, 0) is 31.6 Å². The van der Waals surface area contributed by atoms with Gasteiger partial charge >= 0.3 is 0 Å². The molecule has 0 bridgehead atoms. The molecule has 5 nitrogen and oxygen atoms in total. The average Bonchev–Trinajstić information content (AvgIpc) is 2.29. The quantitative estimate of drug-likeness (QED) is 0.423. The van der Waals surface area contributed by atoms with Crippen LogP contribution in [0, 0.1) is 5.92 Å². The van der Waals surface area contributed by atoms with Gasteiger partial charge in [-0.3, -0.25) is 4.99 Å². The van der Waals surface area contributed by atoms with Crippen molar-refractivity contribution in [2.45, 2.75) is 38.6 Å². The third-order valence-electron chi connectivity index (χ3n) is 3.35. The van der Waals surface area contributed by atoms with E-state index >= 15 is 0 Å². The van der Waals surface area contributed by atoms with Crippen LogP contribution in [0.4, 0.5) is 0 Å². The number of nitrogens with one attached hydrogen (secondary N) is 2. The normalized spacial score (nSPS) is 24.5. The summed E-state index contributed by atoms with van der Waals surface area (Å²) in [7, 11) is -1.20. The maximum Gasteiger partial charge on any atom is 0.191 e. The summed E-state index contributed by atoms with van der Waals surface area (Å²) in [5, 5.41) is 6.40. The van der Waals surface area contributed by atoms with Gasteiger partial charge in [-0.2, -0.15) is 0 Å². The first-order chi connectivity index (χ1) is 8.40. The van der Waals surface area contributed by atoms with Crippen molar-refractivity contribution in [3.05, 3.63) is 0 Å². The summed E-state index contributed by atoms with van der Waals surface area (Å²) >= 11 is 0. The van der Waals surface area contributed by atoms with Crippen LogP contribution in [-0.4, -0.2) is 46.0 Å². The van der Waals surface area contributed by atoms with E-state index in [1.165, 1.54) is 19.1 Å². The fourth-order valence-electron chi connectivity index (χ4n) is 2.15. The minimum atomic E-state index is -2.91. The highest BCUT2D eigenvalue weighted by Gasteiger charge is 2.18. The van der Waals surface area contributed by atoms with Gasteiger partial charge in [0.1, 0.15) is 9.84 Å². The lowest BCUT2D eigenvalue weighted by atomic mass is 9.87. The molecule has 1 rings (SSSR count). The van der Waals surface area contributed by atoms with Gasteiger partial charge in [0.05, 0.1) is 5.75 Å². The summed E-state index contributed by atoms with van der Waals surface area (Å²) in [6, 6.07) is 0.464. The van der Waals surface area contributed by atoms with Crippen molar-refractivity contribution in [1.29, 1.82) is 0 Å². The molecule has 7 heteroatoms. The molecule has 19 heavy (non-hydrogen) atoms. The fraction of sp³-hybridized carbons (Fsp3) is 0.917. The molecule has 0 amide bonds. The van der Waals surface area contributed by atoms with Crippen LogP contribution in [0.15, 0.2) is 4.99 Å². The molecule has 114 valence electrons. The molecule has 1 fully saturated rings. The zero-order chi connectivity index (χ0) is 13.6. The molecule has 0 aliphatic heterocycles. The van der Waals surface area contributed by atoms with Crippen molar-refractivity contribution in [3.63, 3.8) is 0 Å². The van der Waals surface area contributed by atoms with E-state index in [1.807, 2.05) is 0 Å². The van der Waals surface area contributed by atoms with Crippen LogP contribution in [-0.2, 0) is 9.84 Å². The van der Waals surface area contributed by atoms with E-state index in [0.29, 0.717) is 18.5 Å². The molecule has 2 N–H and O–H groups in total. The highest BCUT2D eigenvalue weighted by Crippen LogP contribution is 2.23. The first-order valence-corrected chi connectivity index (χ1v) is 8.61. The fourth-order valence-corrected chi connectivity index (χ4v) is 2.62. The second-order valence-corrected chi connectivity index (χ2v) is 7.49. The monoisotopic (exact) mass is 403 g/mol. The molecular weight excluding hydrogens is 377 g/mol. The van der Waals surface area contributed by atoms with E-state index in [0.717, 1.165) is 18.8 Å². The van der Waals surface area contributed by atoms with Gasteiger partial charge in [-0.15, -0.1) is 24.0 Å². The third kappa shape index (κ3) is 8.67. The third-order valence-corrected chi connectivity index (χ3v) is 4.29. The number of guanidine groups is 1. The summed E-state index contributed by atoms with van der Waals surface area (Å²) in [4.78, 5) is 4.12. The molecule has 0 radical (unpaired) electrons. The predicted octanol–water partition coefficient (Wildman–Crippen LogP) is 1.39. The van der Waals surface area contributed by atoms with Crippen LogP contribution in [0.2, 0.25) is 0 Å². The van der Waals surface area contributed by atoms with E-state index in [1.54, 1.807) is 7.05 Å². The number of halogens is 1. The van der Waals surface area contributed by atoms with Crippen LogP contribution in [0.5, 0.6) is 0 Å². The lowest BCUT2D eigenvalue weighted by molar-refractivity contribution is 0.329. The second kappa shape index (κ2) is 8.99. The minimum Gasteiger partial charge on any atom is -0.355 e. The zero-order valence-corrected chi connectivity index (χ0v) is 15.1. The van der Waals surface area contributed by atoms with Crippen LogP contribution >= 0.6 is 24.0 Å². The lowest BCUT2D eigenvalue weighted by Gasteiger charge is -2.28. The van der Waals surface area contributed by atoms with Crippen LogP contribution in [0.3, 0.4) is 0 Å². The van der Waals surface area contributed by atoms with Gasteiger partial charge in [0.25, 0.3) is 0 Å². The summed E-state index contributed by atoms with van der Waals surface area (Å²) in [5.41, 5.74) is 0. The molecule has 0 saturated heterocycles. The van der Waals surface area contributed by atoms with E-state index < -0.39 is 9.84 Å². The van der Waals surface area contributed by atoms with Gasteiger partial charge in [0, 0.05) is 25.9 Å². The second-order valence-electron chi connectivity index (χ2n) is 5.23. The minimum absolute atomic E-state index is 0. The number of rotatable bonds is 4.